The minimum Gasteiger partial charge on any atom is -0.280 e. The third-order valence-electron chi connectivity index (χ3n) is 4.52. The van der Waals surface area contributed by atoms with Crippen LogP contribution in [-0.4, -0.2) is 18.2 Å². The zero-order chi connectivity index (χ0) is 20.3. The van der Waals surface area contributed by atoms with Crippen molar-refractivity contribution in [2.24, 2.45) is 0 Å². The van der Waals surface area contributed by atoms with Crippen LogP contribution in [0.4, 0.5) is 5.69 Å². The molecule has 1 N–H and O–H groups in total. The molecule has 0 radical (unpaired) electrons. The molecule has 4 aromatic rings. The molecule has 0 fully saturated rings. The zero-order valence-corrected chi connectivity index (χ0v) is 16.8. The lowest BCUT2D eigenvalue weighted by atomic mass is 10.2. The molecule has 146 valence electrons. The molecule has 1 heterocycles. The average molecular weight is 404 g/mol. The highest BCUT2D eigenvalue weighted by atomic mass is 32.2. The quantitative estimate of drug-likeness (QED) is 0.507. The molecule has 6 heteroatoms. The van der Waals surface area contributed by atoms with Crippen LogP contribution in [0.5, 0.6) is 0 Å². The van der Waals surface area contributed by atoms with E-state index in [1.165, 1.54) is 0 Å². The van der Waals surface area contributed by atoms with E-state index < -0.39 is 10.0 Å². The van der Waals surface area contributed by atoms with Gasteiger partial charge >= 0.3 is 0 Å². The van der Waals surface area contributed by atoms with Crippen molar-refractivity contribution in [1.82, 2.24) is 9.78 Å². The number of anilines is 1. The van der Waals surface area contributed by atoms with Gasteiger partial charge in [0.25, 0.3) is 10.0 Å². The molecular formula is C23H21N3O2S. The van der Waals surface area contributed by atoms with Gasteiger partial charge in [0.1, 0.15) is 10.6 Å². The van der Waals surface area contributed by atoms with Crippen LogP contribution in [0.25, 0.3) is 11.3 Å². The molecule has 0 bridgehead atoms. The summed E-state index contributed by atoms with van der Waals surface area (Å²) in [6.07, 6.45) is 1.59. The molecule has 0 unspecified atom stereocenters. The van der Waals surface area contributed by atoms with E-state index in [1.807, 2.05) is 79.7 Å². The van der Waals surface area contributed by atoms with Crippen molar-refractivity contribution >= 4 is 15.7 Å². The highest BCUT2D eigenvalue weighted by molar-refractivity contribution is 7.92. The molecule has 0 aliphatic carbocycles. The molecule has 0 saturated heterocycles. The molecule has 4 rings (SSSR count). The third kappa shape index (κ3) is 4.38. The van der Waals surface area contributed by atoms with E-state index in [-0.39, 0.29) is 4.90 Å². The number of aromatic nitrogens is 2. The summed E-state index contributed by atoms with van der Waals surface area (Å²) < 4.78 is 30.8. The number of hydrogen-bond donors (Lipinski definition) is 1. The van der Waals surface area contributed by atoms with Gasteiger partial charge in [-0.15, -0.1) is 0 Å². The van der Waals surface area contributed by atoms with E-state index in [0.29, 0.717) is 17.9 Å². The van der Waals surface area contributed by atoms with E-state index in [9.17, 15) is 8.42 Å². The monoisotopic (exact) mass is 403 g/mol. The van der Waals surface area contributed by atoms with Gasteiger partial charge in [0.15, 0.2) is 0 Å². The standard InChI is InChI=1S/C23H21N3O2S/c1-18-9-8-14-21(15-18)25-29(27,28)22-17-26(16-19-10-4-2-5-11-19)24-23(22)20-12-6-3-7-13-20/h2-15,17,25H,16H2,1H3. The Morgan fingerprint density at radius 2 is 1.59 bits per heavy atom. The van der Waals surface area contributed by atoms with Crippen LogP contribution in [0, 0.1) is 6.92 Å². The second-order valence-corrected chi connectivity index (χ2v) is 8.52. The molecule has 0 spiro atoms. The van der Waals surface area contributed by atoms with Crippen LogP contribution in [0.1, 0.15) is 11.1 Å². The lowest BCUT2D eigenvalue weighted by Gasteiger charge is -2.08. The maximum atomic E-state index is 13.2. The molecule has 0 atom stereocenters. The summed E-state index contributed by atoms with van der Waals surface area (Å²) in [5.41, 5.74) is 3.74. The number of hydrogen-bond acceptors (Lipinski definition) is 3. The fraction of sp³-hybridized carbons (Fsp3) is 0.0870. The number of nitrogens with one attached hydrogen (secondary N) is 1. The lowest BCUT2D eigenvalue weighted by Crippen LogP contribution is -2.13. The van der Waals surface area contributed by atoms with Crippen LogP contribution < -0.4 is 4.72 Å². The zero-order valence-electron chi connectivity index (χ0n) is 16.0. The van der Waals surface area contributed by atoms with Crippen molar-refractivity contribution in [2.75, 3.05) is 4.72 Å². The van der Waals surface area contributed by atoms with Gasteiger partial charge in [-0.25, -0.2) is 8.42 Å². The van der Waals surface area contributed by atoms with E-state index in [4.69, 9.17) is 0 Å². The van der Waals surface area contributed by atoms with E-state index in [1.54, 1.807) is 23.0 Å². The Kier molecular flexibility index (Phi) is 5.18. The van der Waals surface area contributed by atoms with Crippen molar-refractivity contribution in [2.45, 2.75) is 18.4 Å². The molecule has 0 amide bonds. The van der Waals surface area contributed by atoms with Gasteiger partial charge in [0.05, 0.1) is 6.54 Å². The smallest absolute Gasteiger partial charge is 0.265 e. The number of rotatable bonds is 6. The van der Waals surface area contributed by atoms with Crippen LogP contribution in [0.2, 0.25) is 0 Å². The fourth-order valence-electron chi connectivity index (χ4n) is 3.17. The van der Waals surface area contributed by atoms with Crippen molar-refractivity contribution < 1.29 is 8.42 Å². The number of benzene rings is 3. The topological polar surface area (TPSA) is 64.0 Å². The van der Waals surface area contributed by atoms with E-state index >= 15 is 0 Å². The summed E-state index contributed by atoms with van der Waals surface area (Å²) in [7, 11) is -3.81. The summed E-state index contributed by atoms with van der Waals surface area (Å²) in [6, 6.07) is 26.5. The van der Waals surface area contributed by atoms with Crippen LogP contribution in [-0.2, 0) is 16.6 Å². The molecule has 0 aliphatic rings. The number of sulfonamides is 1. The van der Waals surface area contributed by atoms with Crippen molar-refractivity contribution in [3.8, 4) is 11.3 Å². The maximum absolute atomic E-state index is 13.2. The lowest BCUT2D eigenvalue weighted by molar-refractivity contribution is 0.601. The number of aryl methyl sites for hydroxylation is 1. The molecule has 5 nitrogen and oxygen atoms in total. The summed E-state index contributed by atoms with van der Waals surface area (Å²) >= 11 is 0. The van der Waals surface area contributed by atoms with Crippen molar-refractivity contribution in [3.05, 3.63) is 102 Å². The molecule has 1 aromatic heterocycles. The van der Waals surface area contributed by atoms with Crippen LogP contribution in [0.3, 0.4) is 0 Å². The first-order chi connectivity index (χ1) is 14.0. The van der Waals surface area contributed by atoms with Crippen molar-refractivity contribution in [1.29, 1.82) is 0 Å². The van der Waals surface area contributed by atoms with Gasteiger partial charge in [-0.3, -0.25) is 9.40 Å². The Bertz CT molecular complexity index is 1220. The Morgan fingerprint density at radius 3 is 2.28 bits per heavy atom. The minimum atomic E-state index is -3.81. The van der Waals surface area contributed by atoms with Crippen LogP contribution in [0.15, 0.2) is 96.0 Å². The second-order valence-electron chi connectivity index (χ2n) is 6.87. The van der Waals surface area contributed by atoms with Gasteiger partial charge in [-0.2, -0.15) is 5.10 Å². The van der Waals surface area contributed by atoms with Gasteiger partial charge in [-0.05, 0) is 30.2 Å². The Hall–Kier alpha value is -3.38. The van der Waals surface area contributed by atoms with E-state index in [2.05, 4.69) is 9.82 Å². The molecule has 29 heavy (non-hydrogen) atoms. The maximum Gasteiger partial charge on any atom is 0.265 e. The Morgan fingerprint density at radius 1 is 0.897 bits per heavy atom. The first-order valence-electron chi connectivity index (χ1n) is 9.27. The summed E-state index contributed by atoms with van der Waals surface area (Å²) in [5.74, 6) is 0. The highest BCUT2D eigenvalue weighted by Crippen LogP contribution is 2.28. The van der Waals surface area contributed by atoms with Gasteiger partial charge in [0, 0.05) is 17.4 Å². The Labute approximate surface area is 170 Å². The molecular weight excluding hydrogens is 382 g/mol. The van der Waals surface area contributed by atoms with Crippen LogP contribution >= 0.6 is 0 Å². The molecule has 3 aromatic carbocycles. The van der Waals surface area contributed by atoms with Crippen molar-refractivity contribution in [3.63, 3.8) is 0 Å². The fourth-order valence-corrected chi connectivity index (χ4v) is 4.39. The SMILES string of the molecule is Cc1cccc(NS(=O)(=O)c2cn(Cc3ccccc3)nc2-c2ccccc2)c1. The summed E-state index contributed by atoms with van der Waals surface area (Å²) in [4.78, 5) is 0.154. The van der Waals surface area contributed by atoms with Gasteiger partial charge in [-0.1, -0.05) is 72.8 Å². The first-order valence-corrected chi connectivity index (χ1v) is 10.8. The summed E-state index contributed by atoms with van der Waals surface area (Å²) in [5, 5.41) is 4.60. The minimum absolute atomic E-state index is 0.154. The Balaban J connectivity index is 1.76. The predicted molar refractivity (Wildman–Crippen MR) is 115 cm³/mol. The average Bonchev–Trinajstić information content (AvgIpc) is 3.14. The van der Waals surface area contributed by atoms with E-state index in [0.717, 1.165) is 16.7 Å². The predicted octanol–water partition coefficient (Wildman–Crippen LogP) is 4.71. The highest BCUT2D eigenvalue weighted by Gasteiger charge is 2.24. The molecule has 0 saturated carbocycles. The van der Waals surface area contributed by atoms with Gasteiger partial charge in [0.2, 0.25) is 0 Å². The third-order valence-corrected chi connectivity index (χ3v) is 5.90. The second kappa shape index (κ2) is 7.93. The number of nitrogens with zero attached hydrogens (tertiary/aromatic N) is 2. The molecule has 0 aliphatic heterocycles. The normalized spacial score (nSPS) is 11.3. The largest absolute Gasteiger partial charge is 0.280 e. The summed E-state index contributed by atoms with van der Waals surface area (Å²) in [6.45, 7) is 2.41. The van der Waals surface area contributed by atoms with Gasteiger partial charge < -0.3 is 0 Å². The first kappa shape index (κ1) is 19.0.